The highest BCUT2D eigenvalue weighted by molar-refractivity contribution is 5.64. The fourth-order valence-electron chi connectivity index (χ4n) is 3.02. The van der Waals surface area contributed by atoms with Gasteiger partial charge in [0.15, 0.2) is 0 Å². The van der Waals surface area contributed by atoms with E-state index in [4.69, 9.17) is 9.97 Å². The van der Waals surface area contributed by atoms with Crippen LogP contribution in [0.3, 0.4) is 0 Å². The second-order valence-electron chi connectivity index (χ2n) is 6.17. The minimum Gasteiger partial charge on any atom is -0.364 e. The molecule has 1 saturated heterocycles. The second-order valence-corrected chi connectivity index (χ2v) is 6.17. The lowest BCUT2D eigenvalue weighted by Crippen LogP contribution is -2.21. The third-order valence-electron chi connectivity index (χ3n) is 4.35. The summed E-state index contributed by atoms with van der Waals surface area (Å²) in [5.74, 6) is 1.64. The average Bonchev–Trinajstić information content (AvgIpc) is 3.23. The van der Waals surface area contributed by atoms with Crippen LogP contribution in [-0.4, -0.2) is 28.0 Å². The second kappa shape index (κ2) is 7.30. The van der Waals surface area contributed by atoms with Crippen molar-refractivity contribution in [2.75, 3.05) is 23.3 Å². The molecule has 5 nitrogen and oxygen atoms in total. The summed E-state index contributed by atoms with van der Waals surface area (Å²) in [4.78, 5) is 16.2. The summed E-state index contributed by atoms with van der Waals surface area (Å²) >= 11 is 0. The zero-order valence-corrected chi connectivity index (χ0v) is 14.1. The standard InChI is InChI=1S/C20H21N5/c1-2-8-16(9-3-1)18-14-19(22-15-17-10-4-5-11-21-17)24-20(23-18)25-12-6-7-13-25/h1-5,8-11,14H,6-7,12-13,15H2,(H,22,23,24). The molecule has 0 aliphatic carbocycles. The van der Waals surface area contributed by atoms with Crippen LogP contribution in [0.15, 0.2) is 60.8 Å². The summed E-state index contributed by atoms with van der Waals surface area (Å²) in [6.45, 7) is 2.70. The van der Waals surface area contributed by atoms with Gasteiger partial charge >= 0.3 is 0 Å². The molecule has 5 heteroatoms. The molecule has 0 amide bonds. The molecule has 4 rings (SSSR count). The quantitative estimate of drug-likeness (QED) is 0.771. The van der Waals surface area contributed by atoms with Gasteiger partial charge in [-0.3, -0.25) is 4.98 Å². The summed E-state index contributed by atoms with van der Waals surface area (Å²) in [5, 5.41) is 3.39. The van der Waals surface area contributed by atoms with Crippen molar-refractivity contribution in [1.82, 2.24) is 15.0 Å². The van der Waals surface area contributed by atoms with Crippen molar-refractivity contribution in [3.8, 4) is 11.3 Å². The Bertz CT molecular complexity index is 814. The molecule has 1 aliphatic heterocycles. The largest absolute Gasteiger partial charge is 0.364 e. The minimum absolute atomic E-state index is 0.644. The Hall–Kier alpha value is -2.95. The first kappa shape index (κ1) is 15.6. The van der Waals surface area contributed by atoms with Crippen LogP contribution in [0, 0.1) is 0 Å². The van der Waals surface area contributed by atoms with Crippen molar-refractivity contribution in [3.63, 3.8) is 0 Å². The average molecular weight is 331 g/mol. The van der Waals surface area contributed by atoms with Gasteiger partial charge in [-0.25, -0.2) is 4.98 Å². The topological polar surface area (TPSA) is 53.9 Å². The minimum atomic E-state index is 0.644. The maximum atomic E-state index is 4.80. The highest BCUT2D eigenvalue weighted by Gasteiger charge is 2.17. The van der Waals surface area contributed by atoms with Gasteiger partial charge in [-0.05, 0) is 25.0 Å². The normalized spacial score (nSPS) is 13.8. The Balaban J connectivity index is 1.63. The first-order valence-corrected chi connectivity index (χ1v) is 8.72. The van der Waals surface area contributed by atoms with Crippen molar-refractivity contribution in [3.05, 3.63) is 66.5 Å². The number of anilines is 2. The first-order valence-electron chi connectivity index (χ1n) is 8.72. The molecule has 1 fully saturated rings. The fourth-order valence-corrected chi connectivity index (χ4v) is 3.02. The van der Waals surface area contributed by atoms with Crippen LogP contribution in [0.2, 0.25) is 0 Å². The van der Waals surface area contributed by atoms with Gasteiger partial charge in [0, 0.05) is 30.9 Å². The molecule has 3 heterocycles. The molecule has 0 spiro atoms. The third kappa shape index (κ3) is 3.76. The van der Waals surface area contributed by atoms with E-state index >= 15 is 0 Å². The first-order chi connectivity index (χ1) is 12.4. The van der Waals surface area contributed by atoms with E-state index in [9.17, 15) is 0 Å². The maximum Gasteiger partial charge on any atom is 0.227 e. The van der Waals surface area contributed by atoms with E-state index in [2.05, 4.69) is 27.3 Å². The van der Waals surface area contributed by atoms with Gasteiger partial charge in [-0.15, -0.1) is 0 Å². The highest BCUT2D eigenvalue weighted by atomic mass is 15.3. The summed E-state index contributed by atoms with van der Waals surface area (Å²) in [6, 6.07) is 18.2. The van der Waals surface area contributed by atoms with Gasteiger partial charge in [0.05, 0.1) is 17.9 Å². The van der Waals surface area contributed by atoms with Crippen LogP contribution in [0.4, 0.5) is 11.8 Å². The molecule has 2 aromatic heterocycles. The highest BCUT2D eigenvalue weighted by Crippen LogP contribution is 2.25. The maximum absolute atomic E-state index is 4.80. The lowest BCUT2D eigenvalue weighted by molar-refractivity contribution is 0.896. The Kier molecular flexibility index (Phi) is 4.55. The molecule has 1 N–H and O–H groups in total. The molecule has 1 aromatic carbocycles. The Labute approximate surface area is 147 Å². The summed E-state index contributed by atoms with van der Waals surface area (Å²) < 4.78 is 0. The summed E-state index contributed by atoms with van der Waals surface area (Å²) in [5.41, 5.74) is 3.04. The molecule has 126 valence electrons. The number of hydrogen-bond donors (Lipinski definition) is 1. The predicted octanol–water partition coefficient (Wildman–Crippen LogP) is 3.75. The fraction of sp³-hybridized carbons (Fsp3) is 0.250. The van der Waals surface area contributed by atoms with Crippen molar-refractivity contribution in [1.29, 1.82) is 0 Å². The molecular weight excluding hydrogens is 310 g/mol. The van der Waals surface area contributed by atoms with Crippen LogP contribution in [0.25, 0.3) is 11.3 Å². The predicted molar refractivity (Wildman–Crippen MR) is 100 cm³/mol. The van der Waals surface area contributed by atoms with Gasteiger partial charge in [-0.2, -0.15) is 4.98 Å². The molecule has 0 saturated carbocycles. The van der Waals surface area contributed by atoms with E-state index in [1.807, 2.05) is 48.7 Å². The molecule has 25 heavy (non-hydrogen) atoms. The molecule has 0 atom stereocenters. The lowest BCUT2D eigenvalue weighted by atomic mass is 10.1. The Morgan fingerprint density at radius 1 is 0.920 bits per heavy atom. The molecule has 1 aliphatic rings. The van der Waals surface area contributed by atoms with Gasteiger partial charge in [-0.1, -0.05) is 36.4 Å². The summed E-state index contributed by atoms with van der Waals surface area (Å²) in [6.07, 6.45) is 4.22. The number of benzene rings is 1. The van der Waals surface area contributed by atoms with Crippen LogP contribution in [0.5, 0.6) is 0 Å². The molecule has 0 radical (unpaired) electrons. The number of rotatable bonds is 5. The molecule has 0 bridgehead atoms. The van der Waals surface area contributed by atoms with Gasteiger partial charge < -0.3 is 10.2 Å². The zero-order valence-electron chi connectivity index (χ0n) is 14.1. The van der Waals surface area contributed by atoms with Crippen molar-refractivity contribution < 1.29 is 0 Å². The molecular formula is C20H21N5. The van der Waals surface area contributed by atoms with Gasteiger partial charge in [0.2, 0.25) is 5.95 Å². The Morgan fingerprint density at radius 2 is 1.72 bits per heavy atom. The lowest BCUT2D eigenvalue weighted by Gasteiger charge is -2.17. The smallest absolute Gasteiger partial charge is 0.227 e. The van der Waals surface area contributed by atoms with Crippen LogP contribution >= 0.6 is 0 Å². The van der Waals surface area contributed by atoms with Gasteiger partial charge in [0.25, 0.3) is 0 Å². The SMILES string of the molecule is c1ccc(-c2cc(NCc3ccccn3)nc(N3CCCC3)n2)cc1. The zero-order chi connectivity index (χ0) is 16.9. The summed E-state index contributed by atoms with van der Waals surface area (Å²) in [7, 11) is 0. The van der Waals surface area contributed by atoms with E-state index in [-0.39, 0.29) is 0 Å². The van der Waals surface area contributed by atoms with Crippen LogP contribution in [-0.2, 0) is 6.54 Å². The monoisotopic (exact) mass is 331 g/mol. The third-order valence-corrected chi connectivity index (χ3v) is 4.35. The van der Waals surface area contributed by atoms with E-state index in [0.29, 0.717) is 6.54 Å². The Morgan fingerprint density at radius 3 is 2.48 bits per heavy atom. The van der Waals surface area contributed by atoms with E-state index in [0.717, 1.165) is 41.8 Å². The molecule has 0 unspecified atom stereocenters. The van der Waals surface area contributed by atoms with Crippen molar-refractivity contribution >= 4 is 11.8 Å². The number of pyridine rings is 1. The van der Waals surface area contributed by atoms with Crippen molar-refractivity contribution in [2.45, 2.75) is 19.4 Å². The van der Waals surface area contributed by atoms with E-state index in [1.165, 1.54) is 12.8 Å². The number of nitrogens with one attached hydrogen (secondary N) is 1. The van der Waals surface area contributed by atoms with Gasteiger partial charge in [0.1, 0.15) is 5.82 Å². The van der Waals surface area contributed by atoms with E-state index in [1.54, 1.807) is 0 Å². The number of aromatic nitrogens is 3. The van der Waals surface area contributed by atoms with E-state index < -0.39 is 0 Å². The van der Waals surface area contributed by atoms with Crippen LogP contribution in [0.1, 0.15) is 18.5 Å². The number of nitrogens with zero attached hydrogens (tertiary/aromatic N) is 4. The van der Waals surface area contributed by atoms with Crippen LogP contribution < -0.4 is 10.2 Å². The van der Waals surface area contributed by atoms with Crippen molar-refractivity contribution in [2.24, 2.45) is 0 Å². The number of hydrogen-bond acceptors (Lipinski definition) is 5. The molecule has 3 aromatic rings.